The van der Waals surface area contributed by atoms with Gasteiger partial charge in [0, 0.05) is 25.7 Å². The van der Waals surface area contributed by atoms with Gasteiger partial charge in [0.05, 0.1) is 0 Å². The summed E-state index contributed by atoms with van der Waals surface area (Å²) in [5.74, 6) is 0.280. The molecule has 1 aliphatic rings. The molecule has 1 aromatic carbocycles. The van der Waals surface area contributed by atoms with Crippen LogP contribution < -0.4 is 11.1 Å². The van der Waals surface area contributed by atoms with Gasteiger partial charge in [0.2, 0.25) is 0 Å². The molecular formula is C14H21N3O2. The Kier molecular flexibility index (Phi) is 4.63. The van der Waals surface area contributed by atoms with E-state index in [0.29, 0.717) is 13.1 Å². The molecule has 1 heterocycles. The summed E-state index contributed by atoms with van der Waals surface area (Å²) < 4.78 is 0. The highest BCUT2D eigenvalue weighted by atomic mass is 16.3. The molecule has 0 aromatic heterocycles. The van der Waals surface area contributed by atoms with Crippen LogP contribution in [-0.4, -0.2) is 41.7 Å². The van der Waals surface area contributed by atoms with E-state index in [-0.39, 0.29) is 17.8 Å². The second kappa shape index (κ2) is 6.43. The Bertz CT molecular complexity index is 419. The molecule has 0 radical (unpaired) electrons. The maximum absolute atomic E-state index is 11.8. The summed E-state index contributed by atoms with van der Waals surface area (Å²) in [5.41, 5.74) is 6.93. The van der Waals surface area contributed by atoms with Crippen LogP contribution >= 0.6 is 0 Å². The SMILES string of the molecule is NC1CCN(C(=O)NCCCc2ccc(O)cc2)C1. The van der Waals surface area contributed by atoms with E-state index < -0.39 is 0 Å². The van der Waals surface area contributed by atoms with E-state index >= 15 is 0 Å². The molecule has 1 unspecified atom stereocenters. The van der Waals surface area contributed by atoms with Gasteiger partial charge in [0.15, 0.2) is 0 Å². The van der Waals surface area contributed by atoms with Crippen LogP contribution in [0, 0.1) is 0 Å². The van der Waals surface area contributed by atoms with Crippen molar-refractivity contribution in [3.05, 3.63) is 29.8 Å². The number of hydrogen-bond donors (Lipinski definition) is 3. The third-order valence-electron chi connectivity index (χ3n) is 3.37. The van der Waals surface area contributed by atoms with Crippen molar-refractivity contribution in [1.29, 1.82) is 0 Å². The minimum Gasteiger partial charge on any atom is -0.508 e. The van der Waals surface area contributed by atoms with E-state index in [1.807, 2.05) is 12.1 Å². The number of likely N-dealkylation sites (tertiary alicyclic amines) is 1. The lowest BCUT2D eigenvalue weighted by Crippen LogP contribution is -2.40. The third-order valence-corrected chi connectivity index (χ3v) is 3.37. The van der Waals surface area contributed by atoms with Gasteiger partial charge in [0.25, 0.3) is 0 Å². The summed E-state index contributed by atoms with van der Waals surface area (Å²) in [7, 11) is 0. The summed E-state index contributed by atoms with van der Waals surface area (Å²) in [6.45, 7) is 2.07. The first kappa shape index (κ1) is 13.7. The van der Waals surface area contributed by atoms with Crippen LogP contribution in [-0.2, 0) is 6.42 Å². The number of carbonyl (C=O) groups excluding carboxylic acids is 1. The molecule has 5 heteroatoms. The van der Waals surface area contributed by atoms with Crippen LogP contribution in [0.15, 0.2) is 24.3 Å². The van der Waals surface area contributed by atoms with Gasteiger partial charge in [-0.1, -0.05) is 12.1 Å². The molecule has 0 saturated carbocycles. The number of phenolic OH excluding ortho intramolecular Hbond substituents is 1. The summed E-state index contributed by atoms with van der Waals surface area (Å²) in [6.07, 6.45) is 2.66. The average molecular weight is 263 g/mol. The van der Waals surface area contributed by atoms with Gasteiger partial charge in [-0.15, -0.1) is 0 Å². The molecule has 0 aliphatic carbocycles. The van der Waals surface area contributed by atoms with E-state index in [1.54, 1.807) is 17.0 Å². The Morgan fingerprint density at radius 3 is 2.79 bits per heavy atom. The number of urea groups is 1. The van der Waals surface area contributed by atoms with E-state index in [4.69, 9.17) is 5.73 Å². The van der Waals surface area contributed by atoms with Crippen LogP contribution in [0.5, 0.6) is 5.75 Å². The second-order valence-electron chi connectivity index (χ2n) is 5.00. The van der Waals surface area contributed by atoms with Gasteiger partial charge in [-0.05, 0) is 37.0 Å². The lowest BCUT2D eigenvalue weighted by Gasteiger charge is -2.16. The van der Waals surface area contributed by atoms with Gasteiger partial charge in [0.1, 0.15) is 5.75 Å². The molecule has 1 fully saturated rings. The van der Waals surface area contributed by atoms with Crippen molar-refractivity contribution < 1.29 is 9.90 Å². The maximum atomic E-state index is 11.8. The molecule has 1 saturated heterocycles. The zero-order valence-corrected chi connectivity index (χ0v) is 11.0. The quantitative estimate of drug-likeness (QED) is 0.711. The first-order chi connectivity index (χ1) is 9.15. The molecule has 19 heavy (non-hydrogen) atoms. The normalized spacial score (nSPS) is 18.6. The minimum atomic E-state index is -0.0151. The van der Waals surface area contributed by atoms with Crippen LogP contribution in [0.2, 0.25) is 0 Å². The van der Waals surface area contributed by atoms with Gasteiger partial charge >= 0.3 is 6.03 Å². The second-order valence-corrected chi connectivity index (χ2v) is 5.00. The Labute approximate surface area is 113 Å². The number of nitrogens with two attached hydrogens (primary N) is 1. The van der Waals surface area contributed by atoms with Crippen LogP contribution in [0.25, 0.3) is 0 Å². The van der Waals surface area contributed by atoms with Crippen LogP contribution in [0.1, 0.15) is 18.4 Å². The lowest BCUT2D eigenvalue weighted by atomic mass is 10.1. The van der Waals surface area contributed by atoms with Crippen LogP contribution in [0.4, 0.5) is 4.79 Å². The Hall–Kier alpha value is -1.75. The number of aryl methyl sites for hydroxylation is 1. The Balaban J connectivity index is 1.64. The number of aromatic hydroxyl groups is 1. The zero-order valence-electron chi connectivity index (χ0n) is 11.0. The molecular weight excluding hydrogens is 242 g/mol. The number of benzene rings is 1. The highest BCUT2D eigenvalue weighted by Gasteiger charge is 2.22. The molecule has 1 aliphatic heterocycles. The van der Waals surface area contributed by atoms with E-state index in [9.17, 15) is 9.90 Å². The van der Waals surface area contributed by atoms with Crippen molar-refractivity contribution in [3.63, 3.8) is 0 Å². The average Bonchev–Trinajstić information content (AvgIpc) is 2.83. The topological polar surface area (TPSA) is 78.6 Å². The number of nitrogens with zero attached hydrogens (tertiary/aromatic N) is 1. The van der Waals surface area contributed by atoms with Crippen molar-refractivity contribution in [2.75, 3.05) is 19.6 Å². The fraction of sp³-hybridized carbons (Fsp3) is 0.500. The minimum absolute atomic E-state index is 0.0151. The Morgan fingerprint density at radius 2 is 2.16 bits per heavy atom. The number of rotatable bonds is 4. The molecule has 5 nitrogen and oxygen atoms in total. The van der Waals surface area contributed by atoms with Crippen LogP contribution in [0.3, 0.4) is 0 Å². The van der Waals surface area contributed by atoms with E-state index in [0.717, 1.165) is 31.4 Å². The van der Waals surface area contributed by atoms with Gasteiger partial charge in [-0.25, -0.2) is 4.79 Å². The predicted octanol–water partition coefficient (Wildman–Crippen LogP) is 1.07. The molecule has 4 N–H and O–H groups in total. The number of amides is 2. The molecule has 2 rings (SSSR count). The van der Waals surface area contributed by atoms with Crippen molar-refractivity contribution >= 4 is 6.03 Å². The first-order valence-corrected chi connectivity index (χ1v) is 6.71. The third kappa shape index (κ3) is 4.13. The molecule has 104 valence electrons. The molecule has 1 aromatic rings. The molecule has 0 spiro atoms. The molecule has 0 bridgehead atoms. The van der Waals surface area contributed by atoms with E-state index in [2.05, 4.69) is 5.32 Å². The van der Waals surface area contributed by atoms with Gasteiger partial charge in [-0.2, -0.15) is 0 Å². The maximum Gasteiger partial charge on any atom is 0.317 e. The smallest absolute Gasteiger partial charge is 0.317 e. The largest absolute Gasteiger partial charge is 0.508 e. The highest BCUT2D eigenvalue weighted by Crippen LogP contribution is 2.11. The number of hydrogen-bond acceptors (Lipinski definition) is 3. The summed E-state index contributed by atoms with van der Waals surface area (Å²) >= 11 is 0. The van der Waals surface area contributed by atoms with Gasteiger partial charge < -0.3 is 21.1 Å². The Morgan fingerprint density at radius 1 is 1.42 bits per heavy atom. The first-order valence-electron chi connectivity index (χ1n) is 6.71. The summed E-state index contributed by atoms with van der Waals surface area (Å²) in [5, 5.41) is 12.1. The predicted molar refractivity (Wildman–Crippen MR) is 74.0 cm³/mol. The van der Waals surface area contributed by atoms with Crippen molar-refractivity contribution in [2.24, 2.45) is 5.73 Å². The van der Waals surface area contributed by atoms with E-state index in [1.165, 1.54) is 0 Å². The fourth-order valence-electron chi connectivity index (χ4n) is 2.23. The number of carbonyl (C=O) groups is 1. The van der Waals surface area contributed by atoms with Crippen molar-refractivity contribution in [1.82, 2.24) is 10.2 Å². The standard InChI is InChI=1S/C14H21N3O2/c15-12-7-9-17(10-12)14(19)16-8-1-2-11-3-5-13(18)6-4-11/h3-6,12,18H,1-2,7-10,15H2,(H,16,19). The monoisotopic (exact) mass is 263 g/mol. The fourth-order valence-corrected chi connectivity index (χ4v) is 2.23. The zero-order chi connectivity index (χ0) is 13.7. The van der Waals surface area contributed by atoms with Crippen molar-refractivity contribution in [3.8, 4) is 5.75 Å². The molecule has 1 atom stereocenters. The number of phenols is 1. The van der Waals surface area contributed by atoms with Crippen molar-refractivity contribution in [2.45, 2.75) is 25.3 Å². The summed E-state index contributed by atoms with van der Waals surface area (Å²) in [6, 6.07) is 7.27. The van der Waals surface area contributed by atoms with Gasteiger partial charge in [-0.3, -0.25) is 0 Å². The summed E-state index contributed by atoms with van der Waals surface area (Å²) in [4.78, 5) is 13.5. The number of nitrogens with one attached hydrogen (secondary N) is 1. The molecule has 2 amide bonds. The highest BCUT2D eigenvalue weighted by molar-refractivity contribution is 5.74. The lowest BCUT2D eigenvalue weighted by molar-refractivity contribution is 0.208.